The Morgan fingerprint density at radius 3 is 2.51 bits per heavy atom. The SMILES string of the molecule is C[C@H](NC(=O)O)[C@@H](Nc1nc(Nc2ccc3ncccc3c2)c(C(N)=O)cc1F)c1ccccc1. The summed E-state index contributed by atoms with van der Waals surface area (Å²) in [5.74, 6) is -1.79. The van der Waals surface area contributed by atoms with E-state index in [2.05, 4.69) is 25.9 Å². The van der Waals surface area contributed by atoms with Crippen molar-refractivity contribution in [3.05, 3.63) is 89.9 Å². The summed E-state index contributed by atoms with van der Waals surface area (Å²) >= 11 is 0. The van der Waals surface area contributed by atoms with Crippen LogP contribution in [0, 0.1) is 5.82 Å². The Morgan fingerprint density at radius 1 is 1.03 bits per heavy atom. The molecule has 0 aliphatic rings. The number of aromatic nitrogens is 2. The fourth-order valence-corrected chi connectivity index (χ4v) is 3.75. The van der Waals surface area contributed by atoms with Gasteiger partial charge in [0.25, 0.3) is 5.91 Å². The minimum Gasteiger partial charge on any atom is -0.465 e. The molecule has 0 spiro atoms. The molecule has 0 radical (unpaired) electrons. The van der Waals surface area contributed by atoms with Crippen LogP contribution in [0.3, 0.4) is 0 Å². The largest absolute Gasteiger partial charge is 0.465 e. The topological polar surface area (TPSA) is 142 Å². The Labute approximate surface area is 200 Å². The van der Waals surface area contributed by atoms with Crippen molar-refractivity contribution in [3.8, 4) is 0 Å². The van der Waals surface area contributed by atoms with Crippen LogP contribution >= 0.6 is 0 Å². The molecule has 0 fully saturated rings. The molecule has 6 N–H and O–H groups in total. The number of anilines is 3. The molecule has 0 bridgehead atoms. The van der Waals surface area contributed by atoms with Crippen molar-refractivity contribution >= 4 is 40.2 Å². The summed E-state index contributed by atoms with van der Waals surface area (Å²) in [6, 6.07) is 17.7. The number of hydrogen-bond donors (Lipinski definition) is 5. The number of halogens is 1. The standard InChI is InChI=1S/C25H23FN6O3/c1-14(29-25(34)35)21(15-6-3-2-4-7-15)31-24-19(26)13-18(22(27)33)23(32-24)30-17-9-10-20-16(12-17)8-5-11-28-20/h2-14,21,29H,1H3,(H2,27,33)(H,34,35)(H2,30,31,32)/t14-,21+/m0/s1. The van der Waals surface area contributed by atoms with E-state index in [0.717, 1.165) is 17.0 Å². The summed E-state index contributed by atoms with van der Waals surface area (Å²) in [5, 5.41) is 18.4. The van der Waals surface area contributed by atoms with Gasteiger partial charge < -0.3 is 26.8 Å². The Kier molecular flexibility index (Phi) is 6.72. The van der Waals surface area contributed by atoms with E-state index in [0.29, 0.717) is 11.3 Å². The number of hydrogen-bond acceptors (Lipinski definition) is 6. The van der Waals surface area contributed by atoms with Crippen LogP contribution in [-0.2, 0) is 0 Å². The van der Waals surface area contributed by atoms with Crippen molar-refractivity contribution in [3.63, 3.8) is 0 Å². The fraction of sp³-hybridized carbons (Fsp3) is 0.120. The molecule has 10 heteroatoms. The van der Waals surface area contributed by atoms with Crippen molar-refractivity contribution in [2.45, 2.75) is 19.0 Å². The number of benzene rings is 2. The zero-order valence-corrected chi connectivity index (χ0v) is 18.7. The lowest BCUT2D eigenvalue weighted by Gasteiger charge is -2.26. The summed E-state index contributed by atoms with van der Waals surface area (Å²) in [7, 11) is 0. The first-order chi connectivity index (χ1) is 16.8. The number of carboxylic acid groups (broad SMARTS) is 1. The average molecular weight is 474 g/mol. The number of nitrogens with one attached hydrogen (secondary N) is 3. The number of carbonyl (C=O) groups excluding carboxylic acids is 1. The summed E-state index contributed by atoms with van der Waals surface area (Å²) < 4.78 is 15.0. The van der Waals surface area contributed by atoms with E-state index < -0.39 is 29.9 Å². The predicted octanol–water partition coefficient (Wildman–Crippen LogP) is 4.42. The number of primary amides is 1. The molecule has 2 aromatic heterocycles. The zero-order chi connectivity index (χ0) is 24.9. The molecule has 0 aliphatic heterocycles. The third-order valence-corrected chi connectivity index (χ3v) is 5.41. The molecule has 178 valence electrons. The van der Waals surface area contributed by atoms with Gasteiger partial charge in [0.15, 0.2) is 11.6 Å². The normalized spacial score (nSPS) is 12.5. The monoisotopic (exact) mass is 474 g/mol. The highest BCUT2D eigenvalue weighted by atomic mass is 19.1. The van der Waals surface area contributed by atoms with Crippen LogP contribution in [-0.4, -0.2) is 33.1 Å². The van der Waals surface area contributed by atoms with E-state index in [1.807, 2.05) is 18.2 Å². The zero-order valence-electron chi connectivity index (χ0n) is 18.7. The van der Waals surface area contributed by atoms with Crippen molar-refractivity contribution in [2.75, 3.05) is 10.6 Å². The third-order valence-electron chi connectivity index (χ3n) is 5.41. The Bertz CT molecular complexity index is 1380. The molecule has 2 heterocycles. The summed E-state index contributed by atoms with van der Waals surface area (Å²) in [6.45, 7) is 1.65. The Morgan fingerprint density at radius 2 is 1.80 bits per heavy atom. The molecule has 0 unspecified atom stereocenters. The Balaban J connectivity index is 1.71. The second kappa shape index (κ2) is 10.0. The Hall–Kier alpha value is -4.73. The second-order valence-electron chi connectivity index (χ2n) is 7.89. The summed E-state index contributed by atoms with van der Waals surface area (Å²) in [6.07, 6.45) is 0.467. The molecule has 4 rings (SSSR count). The maximum atomic E-state index is 15.0. The van der Waals surface area contributed by atoms with Gasteiger partial charge in [-0.05, 0) is 42.8 Å². The van der Waals surface area contributed by atoms with Gasteiger partial charge in [-0.25, -0.2) is 14.2 Å². The van der Waals surface area contributed by atoms with Crippen molar-refractivity contribution < 1.29 is 19.1 Å². The minimum atomic E-state index is -1.22. The molecule has 2 amide bonds. The molecule has 0 saturated heterocycles. The number of carbonyl (C=O) groups is 2. The predicted molar refractivity (Wildman–Crippen MR) is 131 cm³/mol. The molecule has 2 aromatic carbocycles. The van der Waals surface area contributed by atoms with E-state index in [4.69, 9.17) is 5.73 Å². The lowest BCUT2D eigenvalue weighted by atomic mass is 10.0. The first kappa shape index (κ1) is 23.4. The second-order valence-corrected chi connectivity index (χ2v) is 7.89. The third kappa shape index (κ3) is 5.44. The highest BCUT2D eigenvalue weighted by molar-refractivity contribution is 5.99. The van der Waals surface area contributed by atoms with Crippen LogP contribution in [0.2, 0.25) is 0 Å². The van der Waals surface area contributed by atoms with Crippen LogP contribution in [0.5, 0.6) is 0 Å². The smallest absolute Gasteiger partial charge is 0.404 e. The number of fused-ring (bicyclic) bond motifs is 1. The van der Waals surface area contributed by atoms with Gasteiger partial charge in [-0.15, -0.1) is 0 Å². The van der Waals surface area contributed by atoms with Crippen LogP contribution in [0.25, 0.3) is 10.9 Å². The van der Waals surface area contributed by atoms with Crippen molar-refractivity contribution in [1.82, 2.24) is 15.3 Å². The lowest BCUT2D eigenvalue weighted by molar-refractivity contribution is 0.100. The molecule has 0 saturated carbocycles. The van der Waals surface area contributed by atoms with E-state index in [-0.39, 0.29) is 17.2 Å². The molecule has 4 aromatic rings. The summed E-state index contributed by atoms with van der Waals surface area (Å²) in [5.41, 5.74) is 7.44. The quantitative estimate of drug-likeness (QED) is 0.254. The average Bonchev–Trinajstić information content (AvgIpc) is 2.83. The number of amides is 2. The number of nitrogens with two attached hydrogens (primary N) is 1. The van der Waals surface area contributed by atoms with Crippen LogP contribution in [0.4, 0.5) is 26.5 Å². The fourth-order valence-electron chi connectivity index (χ4n) is 3.75. The van der Waals surface area contributed by atoms with Gasteiger partial charge in [-0.2, -0.15) is 0 Å². The first-order valence-electron chi connectivity index (χ1n) is 10.7. The van der Waals surface area contributed by atoms with Crippen LogP contribution < -0.4 is 21.7 Å². The van der Waals surface area contributed by atoms with Gasteiger partial charge in [0, 0.05) is 17.3 Å². The maximum absolute atomic E-state index is 15.0. The van der Waals surface area contributed by atoms with Gasteiger partial charge in [-0.3, -0.25) is 9.78 Å². The van der Waals surface area contributed by atoms with E-state index in [9.17, 15) is 14.7 Å². The van der Waals surface area contributed by atoms with E-state index in [1.54, 1.807) is 55.6 Å². The van der Waals surface area contributed by atoms with Gasteiger partial charge >= 0.3 is 6.09 Å². The maximum Gasteiger partial charge on any atom is 0.404 e. The summed E-state index contributed by atoms with van der Waals surface area (Å²) in [4.78, 5) is 31.9. The van der Waals surface area contributed by atoms with Crippen LogP contribution in [0.15, 0.2) is 72.9 Å². The lowest BCUT2D eigenvalue weighted by Crippen LogP contribution is -2.39. The highest BCUT2D eigenvalue weighted by Gasteiger charge is 2.24. The van der Waals surface area contributed by atoms with Gasteiger partial charge in [0.2, 0.25) is 0 Å². The van der Waals surface area contributed by atoms with Crippen molar-refractivity contribution in [2.24, 2.45) is 5.73 Å². The van der Waals surface area contributed by atoms with Crippen LogP contribution in [0.1, 0.15) is 28.9 Å². The van der Waals surface area contributed by atoms with E-state index >= 15 is 4.39 Å². The molecule has 2 atom stereocenters. The minimum absolute atomic E-state index is 0.0512. The molecule has 35 heavy (non-hydrogen) atoms. The number of pyridine rings is 2. The number of nitrogens with zero attached hydrogens (tertiary/aromatic N) is 2. The van der Waals surface area contributed by atoms with E-state index in [1.165, 1.54) is 0 Å². The first-order valence-corrected chi connectivity index (χ1v) is 10.7. The van der Waals surface area contributed by atoms with Gasteiger partial charge in [0.05, 0.1) is 23.2 Å². The van der Waals surface area contributed by atoms with Gasteiger partial charge in [0.1, 0.15) is 5.82 Å². The molecule has 0 aliphatic carbocycles. The molecular weight excluding hydrogens is 451 g/mol. The number of rotatable bonds is 8. The molecular formula is C25H23FN6O3. The van der Waals surface area contributed by atoms with Gasteiger partial charge in [-0.1, -0.05) is 36.4 Å². The molecule has 9 nitrogen and oxygen atoms in total. The van der Waals surface area contributed by atoms with Crippen molar-refractivity contribution in [1.29, 1.82) is 0 Å². The highest BCUT2D eigenvalue weighted by Crippen LogP contribution is 2.29.